The first-order valence-electron chi connectivity index (χ1n) is 6.66. The van der Waals surface area contributed by atoms with Crippen molar-refractivity contribution in [2.75, 3.05) is 33.4 Å². The number of hydrogen-bond acceptors (Lipinski definition) is 4. The zero-order chi connectivity index (χ0) is 14.3. The minimum atomic E-state index is 0. The fraction of sp³-hybridized carbons (Fsp3) is 0.533. The number of halogens is 1. The predicted octanol–water partition coefficient (Wildman–Crippen LogP) is 3.04. The van der Waals surface area contributed by atoms with E-state index in [1.807, 2.05) is 0 Å². The topological polar surface area (TPSA) is 38.8 Å². The van der Waals surface area contributed by atoms with E-state index in [2.05, 4.69) is 18.7 Å². The monoisotopic (exact) mass is 301 g/mol. The molecule has 1 rings (SSSR count). The fourth-order valence-electron chi connectivity index (χ4n) is 1.83. The third-order valence-corrected chi connectivity index (χ3v) is 3.13. The molecule has 0 radical (unpaired) electrons. The number of benzene rings is 1. The van der Waals surface area contributed by atoms with E-state index in [1.54, 1.807) is 25.3 Å². The van der Waals surface area contributed by atoms with Crippen LogP contribution in [0.15, 0.2) is 18.2 Å². The van der Waals surface area contributed by atoms with Crippen LogP contribution in [0.25, 0.3) is 0 Å². The van der Waals surface area contributed by atoms with Gasteiger partial charge in [0, 0.05) is 12.1 Å². The normalized spacial score (nSPS) is 10.1. The lowest BCUT2D eigenvalue weighted by molar-refractivity contribution is 0.101. The second-order valence-corrected chi connectivity index (χ2v) is 4.30. The highest BCUT2D eigenvalue weighted by Gasteiger charge is 2.08. The number of carbonyl (C=O) groups is 1. The molecule has 0 aliphatic rings. The van der Waals surface area contributed by atoms with Crippen molar-refractivity contribution in [3.63, 3.8) is 0 Å². The molecule has 0 N–H and O–H groups in total. The molecular formula is C15H24ClNO3. The van der Waals surface area contributed by atoms with Crippen LogP contribution in [0.1, 0.15) is 31.1 Å². The van der Waals surface area contributed by atoms with Gasteiger partial charge < -0.3 is 14.4 Å². The largest absolute Gasteiger partial charge is 0.493 e. The summed E-state index contributed by atoms with van der Waals surface area (Å²) < 4.78 is 11.0. The number of Topliss-reactive ketones (excluding diaryl/α,β-unsaturated/α-hetero) is 1. The van der Waals surface area contributed by atoms with Gasteiger partial charge in [0.15, 0.2) is 17.3 Å². The summed E-state index contributed by atoms with van der Waals surface area (Å²) in [6.07, 6.45) is 0. The molecular weight excluding hydrogens is 278 g/mol. The average Bonchev–Trinajstić information content (AvgIpc) is 2.43. The summed E-state index contributed by atoms with van der Waals surface area (Å²) in [5, 5.41) is 0. The van der Waals surface area contributed by atoms with Gasteiger partial charge in [0.1, 0.15) is 6.61 Å². The maximum absolute atomic E-state index is 11.3. The second-order valence-electron chi connectivity index (χ2n) is 4.30. The summed E-state index contributed by atoms with van der Waals surface area (Å²) in [7, 11) is 1.58. The minimum Gasteiger partial charge on any atom is -0.493 e. The molecule has 114 valence electrons. The molecule has 0 saturated carbocycles. The van der Waals surface area contributed by atoms with Gasteiger partial charge in [-0.2, -0.15) is 0 Å². The Balaban J connectivity index is 0.00000361. The van der Waals surface area contributed by atoms with Gasteiger partial charge in [0.2, 0.25) is 0 Å². The van der Waals surface area contributed by atoms with E-state index in [-0.39, 0.29) is 18.2 Å². The average molecular weight is 302 g/mol. The van der Waals surface area contributed by atoms with E-state index in [9.17, 15) is 4.79 Å². The first-order valence-corrected chi connectivity index (χ1v) is 6.66. The van der Waals surface area contributed by atoms with Crippen LogP contribution in [0.2, 0.25) is 0 Å². The molecule has 0 atom stereocenters. The standard InChI is InChI=1S/C15H23NO3.ClH/c1-5-16(6-2)9-10-19-14-8-7-13(12(3)17)11-15(14)18-4;/h7-8,11H,5-6,9-10H2,1-4H3;1H. The first kappa shape index (κ1) is 18.7. The van der Waals surface area contributed by atoms with Crippen molar-refractivity contribution in [2.24, 2.45) is 0 Å². The number of ether oxygens (including phenoxy) is 2. The van der Waals surface area contributed by atoms with Crippen molar-refractivity contribution in [1.82, 2.24) is 4.90 Å². The molecule has 0 aromatic heterocycles. The van der Waals surface area contributed by atoms with Crippen molar-refractivity contribution in [1.29, 1.82) is 0 Å². The van der Waals surface area contributed by atoms with Crippen LogP contribution in [0.4, 0.5) is 0 Å². The molecule has 1 aromatic carbocycles. The summed E-state index contributed by atoms with van der Waals surface area (Å²) >= 11 is 0. The first-order chi connectivity index (χ1) is 9.12. The molecule has 0 fully saturated rings. The Kier molecular flexibility index (Phi) is 9.01. The molecule has 0 aliphatic carbocycles. The SMILES string of the molecule is CCN(CC)CCOc1ccc(C(C)=O)cc1OC.Cl. The predicted molar refractivity (Wildman–Crippen MR) is 83.5 cm³/mol. The molecule has 0 aliphatic heterocycles. The van der Waals surface area contributed by atoms with Crippen LogP contribution < -0.4 is 9.47 Å². The maximum atomic E-state index is 11.3. The molecule has 4 nitrogen and oxygen atoms in total. The lowest BCUT2D eigenvalue weighted by Gasteiger charge is -2.18. The molecule has 20 heavy (non-hydrogen) atoms. The Morgan fingerprint density at radius 3 is 2.35 bits per heavy atom. The van der Waals surface area contributed by atoms with E-state index in [0.717, 1.165) is 19.6 Å². The highest BCUT2D eigenvalue weighted by atomic mass is 35.5. The Hall–Kier alpha value is -1.26. The molecule has 0 saturated heterocycles. The lowest BCUT2D eigenvalue weighted by atomic mass is 10.1. The van der Waals surface area contributed by atoms with Crippen LogP contribution in [0.3, 0.4) is 0 Å². The van der Waals surface area contributed by atoms with Crippen molar-refractivity contribution in [3.8, 4) is 11.5 Å². The Bertz CT molecular complexity index is 420. The summed E-state index contributed by atoms with van der Waals surface area (Å²) in [4.78, 5) is 13.6. The zero-order valence-electron chi connectivity index (χ0n) is 12.6. The highest BCUT2D eigenvalue weighted by Crippen LogP contribution is 2.28. The number of hydrogen-bond donors (Lipinski definition) is 0. The van der Waals surface area contributed by atoms with Crippen molar-refractivity contribution in [3.05, 3.63) is 23.8 Å². The number of nitrogens with zero attached hydrogens (tertiary/aromatic N) is 1. The van der Waals surface area contributed by atoms with Gasteiger partial charge in [-0.3, -0.25) is 4.79 Å². The Morgan fingerprint density at radius 1 is 1.20 bits per heavy atom. The highest BCUT2D eigenvalue weighted by molar-refractivity contribution is 5.94. The van der Waals surface area contributed by atoms with Gasteiger partial charge in [-0.15, -0.1) is 12.4 Å². The van der Waals surface area contributed by atoms with E-state index in [4.69, 9.17) is 9.47 Å². The van der Waals surface area contributed by atoms with Crippen molar-refractivity contribution >= 4 is 18.2 Å². The van der Waals surface area contributed by atoms with Crippen LogP contribution in [0, 0.1) is 0 Å². The molecule has 0 bridgehead atoms. The summed E-state index contributed by atoms with van der Waals surface area (Å²) in [6.45, 7) is 9.32. The van der Waals surface area contributed by atoms with Crippen LogP contribution >= 0.6 is 12.4 Å². The number of rotatable bonds is 8. The molecule has 1 aromatic rings. The molecule has 0 unspecified atom stereocenters. The van der Waals surface area contributed by atoms with Crippen LogP contribution in [-0.4, -0.2) is 44.0 Å². The van der Waals surface area contributed by atoms with Gasteiger partial charge >= 0.3 is 0 Å². The lowest BCUT2D eigenvalue weighted by Crippen LogP contribution is -2.27. The number of methoxy groups -OCH3 is 1. The maximum Gasteiger partial charge on any atom is 0.161 e. The smallest absolute Gasteiger partial charge is 0.161 e. The van der Waals surface area contributed by atoms with Gasteiger partial charge in [-0.1, -0.05) is 13.8 Å². The Labute approximate surface area is 127 Å². The number of likely N-dealkylation sites (N-methyl/N-ethyl adjacent to an activating group) is 1. The third-order valence-electron chi connectivity index (χ3n) is 3.13. The van der Waals surface area contributed by atoms with Gasteiger partial charge in [0.05, 0.1) is 7.11 Å². The van der Waals surface area contributed by atoms with E-state index >= 15 is 0 Å². The van der Waals surface area contributed by atoms with E-state index in [0.29, 0.717) is 23.7 Å². The zero-order valence-corrected chi connectivity index (χ0v) is 13.5. The van der Waals surface area contributed by atoms with E-state index < -0.39 is 0 Å². The second kappa shape index (κ2) is 9.61. The molecule has 0 amide bonds. The van der Waals surface area contributed by atoms with Gasteiger partial charge in [-0.05, 0) is 38.2 Å². The van der Waals surface area contributed by atoms with Crippen molar-refractivity contribution < 1.29 is 14.3 Å². The molecule has 0 spiro atoms. The van der Waals surface area contributed by atoms with Gasteiger partial charge in [-0.25, -0.2) is 0 Å². The van der Waals surface area contributed by atoms with Crippen LogP contribution in [0.5, 0.6) is 11.5 Å². The summed E-state index contributed by atoms with van der Waals surface area (Å²) in [5.74, 6) is 1.31. The van der Waals surface area contributed by atoms with Gasteiger partial charge in [0.25, 0.3) is 0 Å². The van der Waals surface area contributed by atoms with E-state index in [1.165, 1.54) is 6.92 Å². The fourth-order valence-corrected chi connectivity index (χ4v) is 1.83. The number of carbonyl (C=O) groups excluding carboxylic acids is 1. The number of ketones is 1. The third kappa shape index (κ3) is 5.39. The quantitative estimate of drug-likeness (QED) is 0.692. The van der Waals surface area contributed by atoms with Crippen molar-refractivity contribution in [2.45, 2.75) is 20.8 Å². The minimum absolute atomic E-state index is 0. The van der Waals surface area contributed by atoms with Crippen LogP contribution in [-0.2, 0) is 0 Å². The Morgan fingerprint density at radius 2 is 1.85 bits per heavy atom. The summed E-state index contributed by atoms with van der Waals surface area (Å²) in [5.41, 5.74) is 0.632. The summed E-state index contributed by atoms with van der Waals surface area (Å²) in [6, 6.07) is 5.27. The molecule has 5 heteroatoms. The molecule has 0 heterocycles.